The van der Waals surface area contributed by atoms with Gasteiger partial charge in [0.25, 0.3) is 0 Å². The molecule has 2 fully saturated rings. The molecule has 0 saturated heterocycles. The molecule has 0 radical (unpaired) electrons. The van der Waals surface area contributed by atoms with Gasteiger partial charge in [0.05, 0.1) is 0 Å². The summed E-state index contributed by atoms with van der Waals surface area (Å²) in [6, 6.07) is 9.06. The van der Waals surface area contributed by atoms with Gasteiger partial charge < -0.3 is 10.6 Å². The van der Waals surface area contributed by atoms with Crippen LogP contribution in [0.2, 0.25) is 0 Å². The lowest BCUT2D eigenvalue weighted by Gasteiger charge is -2.32. The Morgan fingerprint density at radius 2 is 2.00 bits per heavy atom. The van der Waals surface area contributed by atoms with Gasteiger partial charge in [-0.05, 0) is 61.5 Å². The van der Waals surface area contributed by atoms with E-state index in [-0.39, 0.29) is 6.04 Å². The molecule has 1 aromatic rings. The predicted molar refractivity (Wildman–Crippen MR) is 83.8 cm³/mol. The minimum absolute atomic E-state index is 0.233. The molecule has 3 aliphatic rings. The molecule has 108 valence electrons. The number of benzene rings is 1. The van der Waals surface area contributed by atoms with E-state index in [1.54, 1.807) is 0 Å². The Bertz CT molecular complexity index is 484. The van der Waals surface area contributed by atoms with Gasteiger partial charge in [0.15, 0.2) is 0 Å². The molecule has 2 N–H and O–H groups in total. The minimum atomic E-state index is 0.233. The van der Waals surface area contributed by atoms with Gasteiger partial charge >= 0.3 is 0 Å². The molecule has 1 aliphatic heterocycles. The van der Waals surface area contributed by atoms with E-state index in [1.807, 2.05) is 0 Å². The van der Waals surface area contributed by atoms with Crippen LogP contribution in [-0.4, -0.2) is 13.1 Å². The highest BCUT2D eigenvalue weighted by molar-refractivity contribution is 5.55. The van der Waals surface area contributed by atoms with Gasteiger partial charge in [-0.25, -0.2) is 0 Å². The van der Waals surface area contributed by atoms with Gasteiger partial charge in [0.2, 0.25) is 0 Å². The van der Waals surface area contributed by atoms with Crippen molar-refractivity contribution in [2.75, 3.05) is 18.0 Å². The lowest BCUT2D eigenvalue weighted by atomic mass is 9.88. The molecular formula is C18H26N2. The maximum absolute atomic E-state index is 6.35. The maximum atomic E-state index is 6.35. The number of fused-ring (bicyclic) bond motifs is 3. The smallest absolute Gasteiger partial charge is 0.0414 e. The van der Waals surface area contributed by atoms with Crippen LogP contribution in [0.4, 0.5) is 5.69 Å². The number of rotatable bonds is 2. The average molecular weight is 270 g/mol. The molecule has 0 spiro atoms. The van der Waals surface area contributed by atoms with Crippen molar-refractivity contribution < 1.29 is 0 Å². The Morgan fingerprint density at radius 1 is 1.10 bits per heavy atom. The van der Waals surface area contributed by atoms with Gasteiger partial charge in [-0.3, -0.25) is 0 Å². The van der Waals surface area contributed by atoms with Gasteiger partial charge in [0, 0.05) is 24.8 Å². The first kappa shape index (κ1) is 12.7. The molecule has 2 saturated carbocycles. The molecule has 20 heavy (non-hydrogen) atoms. The van der Waals surface area contributed by atoms with Gasteiger partial charge in [0.1, 0.15) is 0 Å². The summed E-state index contributed by atoms with van der Waals surface area (Å²) >= 11 is 0. The summed E-state index contributed by atoms with van der Waals surface area (Å²) in [6.45, 7) is 2.46. The van der Waals surface area contributed by atoms with Gasteiger partial charge in [-0.2, -0.15) is 0 Å². The summed E-state index contributed by atoms with van der Waals surface area (Å²) in [5.41, 5.74) is 9.14. The van der Waals surface area contributed by atoms with Crippen molar-refractivity contribution in [2.45, 2.75) is 44.6 Å². The van der Waals surface area contributed by atoms with Crippen LogP contribution in [0.3, 0.4) is 0 Å². The Balaban J connectivity index is 1.57. The van der Waals surface area contributed by atoms with Crippen molar-refractivity contribution in [1.82, 2.24) is 0 Å². The van der Waals surface area contributed by atoms with E-state index in [2.05, 4.69) is 29.2 Å². The number of nitrogens with two attached hydrogens (primary N) is 1. The Kier molecular flexibility index (Phi) is 3.22. The van der Waals surface area contributed by atoms with Crippen LogP contribution in [-0.2, 0) is 0 Å². The molecule has 0 amide bonds. The topological polar surface area (TPSA) is 29.3 Å². The number of hydrogen-bond donors (Lipinski definition) is 1. The van der Waals surface area contributed by atoms with Crippen molar-refractivity contribution in [1.29, 1.82) is 0 Å². The third kappa shape index (κ3) is 2.14. The van der Waals surface area contributed by atoms with E-state index >= 15 is 0 Å². The molecule has 4 rings (SSSR count). The van der Waals surface area contributed by atoms with E-state index in [1.165, 1.54) is 56.4 Å². The molecule has 2 aliphatic carbocycles. The predicted octanol–water partition coefficient (Wildman–Crippen LogP) is 3.72. The van der Waals surface area contributed by atoms with Crippen LogP contribution in [0.15, 0.2) is 24.3 Å². The molecule has 2 heteroatoms. The number of hydrogen-bond acceptors (Lipinski definition) is 2. The third-order valence-corrected chi connectivity index (χ3v) is 5.96. The normalized spacial score (nSPS) is 36.0. The van der Waals surface area contributed by atoms with Crippen molar-refractivity contribution in [3.05, 3.63) is 29.8 Å². The molecule has 2 bridgehead atoms. The molecular weight excluding hydrogens is 244 g/mol. The summed E-state index contributed by atoms with van der Waals surface area (Å²) in [6.07, 6.45) is 8.35. The van der Waals surface area contributed by atoms with Crippen LogP contribution in [0, 0.1) is 17.8 Å². The molecule has 1 heterocycles. The zero-order valence-corrected chi connectivity index (χ0v) is 12.3. The number of anilines is 1. The fourth-order valence-electron chi connectivity index (χ4n) is 4.94. The first-order valence-corrected chi connectivity index (χ1v) is 8.40. The average Bonchev–Trinajstić information content (AvgIpc) is 3.04. The first-order chi connectivity index (χ1) is 9.81. The van der Waals surface area contributed by atoms with Gasteiger partial charge in [-0.1, -0.05) is 24.6 Å². The first-order valence-electron chi connectivity index (χ1n) is 8.40. The Labute approximate surface area is 122 Å². The minimum Gasteiger partial charge on any atom is -0.371 e. The van der Waals surface area contributed by atoms with Crippen LogP contribution >= 0.6 is 0 Å². The SMILES string of the molecule is NC1CCCN(CC2CC3CCC2C3)c2ccccc21. The lowest BCUT2D eigenvalue weighted by Crippen LogP contribution is -2.32. The fourth-order valence-corrected chi connectivity index (χ4v) is 4.94. The van der Waals surface area contributed by atoms with Crippen LogP contribution in [0.25, 0.3) is 0 Å². The highest BCUT2D eigenvalue weighted by Gasteiger charge is 2.40. The largest absolute Gasteiger partial charge is 0.371 e. The van der Waals surface area contributed by atoms with E-state index in [0.717, 1.165) is 24.2 Å². The van der Waals surface area contributed by atoms with Gasteiger partial charge in [-0.15, -0.1) is 0 Å². The fraction of sp³-hybridized carbons (Fsp3) is 0.667. The summed E-state index contributed by atoms with van der Waals surface area (Å²) in [4.78, 5) is 2.65. The molecule has 0 aromatic heterocycles. The molecule has 4 atom stereocenters. The van der Waals surface area contributed by atoms with Crippen LogP contribution in [0.5, 0.6) is 0 Å². The van der Waals surface area contributed by atoms with Crippen molar-refractivity contribution in [2.24, 2.45) is 23.5 Å². The van der Waals surface area contributed by atoms with E-state index in [0.29, 0.717) is 0 Å². The second-order valence-electron chi connectivity index (χ2n) is 7.19. The maximum Gasteiger partial charge on any atom is 0.0414 e. The summed E-state index contributed by atoms with van der Waals surface area (Å²) in [5.74, 6) is 3.01. The van der Waals surface area contributed by atoms with Crippen molar-refractivity contribution >= 4 is 5.69 Å². The zero-order chi connectivity index (χ0) is 13.5. The van der Waals surface area contributed by atoms with E-state index in [4.69, 9.17) is 5.73 Å². The summed E-state index contributed by atoms with van der Waals surface area (Å²) in [7, 11) is 0. The zero-order valence-electron chi connectivity index (χ0n) is 12.3. The Morgan fingerprint density at radius 3 is 2.80 bits per heavy atom. The summed E-state index contributed by atoms with van der Waals surface area (Å²) in [5, 5.41) is 0. The van der Waals surface area contributed by atoms with Crippen LogP contribution in [0.1, 0.15) is 50.1 Å². The quantitative estimate of drug-likeness (QED) is 0.887. The van der Waals surface area contributed by atoms with Crippen molar-refractivity contribution in [3.8, 4) is 0 Å². The molecule has 1 aromatic carbocycles. The lowest BCUT2D eigenvalue weighted by molar-refractivity contribution is 0.333. The van der Waals surface area contributed by atoms with E-state index < -0.39 is 0 Å². The number of para-hydroxylation sites is 1. The second kappa shape index (κ2) is 5.07. The molecule has 2 nitrogen and oxygen atoms in total. The standard InChI is InChI=1S/C18H26N2/c19-17-5-3-9-20(18-6-2-1-4-16(17)18)12-15-11-13-7-8-14(15)10-13/h1-2,4,6,13-15,17H,3,5,7-12,19H2. The monoisotopic (exact) mass is 270 g/mol. The number of nitrogens with zero attached hydrogens (tertiary/aromatic N) is 1. The molecule has 4 unspecified atom stereocenters. The second-order valence-corrected chi connectivity index (χ2v) is 7.19. The van der Waals surface area contributed by atoms with Crippen molar-refractivity contribution in [3.63, 3.8) is 0 Å². The summed E-state index contributed by atoms with van der Waals surface area (Å²) < 4.78 is 0. The highest BCUT2D eigenvalue weighted by Crippen LogP contribution is 2.49. The highest BCUT2D eigenvalue weighted by atomic mass is 15.1. The van der Waals surface area contributed by atoms with E-state index in [9.17, 15) is 0 Å². The third-order valence-electron chi connectivity index (χ3n) is 5.96. The Hall–Kier alpha value is -1.02. The van der Waals surface area contributed by atoms with Crippen LogP contribution < -0.4 is 10.6 Å².